The topological polar surface area (TPSA) is 362 Å². The number of rotatable bonds is 9. The molecule has 0 saturated carbocycles. The Bertz CT molecular complexity index is 2400. The van der Waals surface area contributed by atoms with E-state index in [0.29, 0.717) is 0 Å². The second-order valence-electron chi connectivity index (χ2n) is 15.7. The van der Waals surface area contributed by atoms with Crippen molar-refractivity contribution in [1.29, 1.82) is 0 Å². The van der Waals surface area contributed by atoms with Crippen LogP contribution in [0.3, 0.4) is 0 Å². The molecule has 2 fully saturated rings. The van der Waals surface area contributed by atoms with Crippen LogP contribution in [0.4, 0.5) is 0 Å². The van der Waals surface area contributed by atoms with E-state index < -0.39 is 161 Å². The van der Waals surface area contributed by atoms with Crippen molar-refractivity contribution in [2.24, 2.45) is 0 Å². The number of carbonyl (C=O) groups is 2. The maximum absolute atomic E-state index is 13.9. The van der Waals surface area contributed by atoms with Crippen LogP contribution in [0, 0.1) is 0 Å². The van der Waals surface area contributed by atoms with Crippen LogP contribution in [0.5, 0.6) is 57.5 Å². The standard InChI is InChI=1S/C42H42O22/c1-13-36(33(55)35(57)41(59-13)63-39-30(52)27-22(49)8-20(47)10-24(27)60-37(39)14-2-16(43)6-17(44)3-14)58-12-26-29(51)32(54)34(56)42(62-26)64-40-31(53)28-23(50)9-21(48)11-25(28)61-38(40)15-4-18(45)7-19(46)5-15/h2-11,13,26,29,32-51,54-57H,12H2,1H3/t13?,26-,29?,32+,33?,34+,35?,36?,37?,38?,39?,40?,41?,42-/m0/s1. The molecule has 22 nitrogen and oxygen atoms in total. The normalized spacial score (nSPS) is 32.5. The average molecular weight is 899 g/mol. The molecule has 2 saturated heterocycles. The lowest BCUT2D eigenvalue weighted by atomic mass is 9.92. The smallest absolute Gasteiger partial charge is 0.203 e. The largest absolute Gasteiger partial charge is 0.508 e. The first-order valence-electron chi connectivity index (χ1n) is 19.5. The van der Waals surface area contributed by atoms with Gasteiger partial charge in [0.15, 0.2) is 37.0 Å². The Balaban J connectivity index is 0.989. The van der Waals surface area contributed by atoms with E-state index in [1.54, 1.807) is 0 Å². The number of fused-ring (bicyclic) bond motifs is 2. The van der Waals surface area contributed by atoms with Gasteiger partial charge in [0.05, 0.1) is 12.7 Å². The number of ketones is 2. The molecule has 0 aliphatic carbocycles. The van der Waals surface area contributed by atoms with Crippen LogP contribution in [0.2, 0.25) is 0 Å². The number of hydrogen-bond acceptors (Lipinski definition) is 22. The SMILES string of the molecule is CC1OC(OC2C(=O)c3c(O)cc(O)cc3OC2c2cc(O)cc(O)c2)C(O)C(O)C1OC[C@@H]1O[C@@H](OC2C(=O)c3c(O)cc(O)cc3OC2c2cc(O)cc(O)c2)[C@H](O)[C@H](O)C1O. The van der Waals surface area contributed by atoms with Gasteiger partial charge >= 0.3 is 0 Å². The molecule has 0 amide bonds. The molecule has 0 spiro atoms. The van der Waals surface area contributed by atoms with Crippen LogP contribution >= 0.6 is 0 Å². The number of aliphatic hydroxyl groups is 5. The molecule has 10 unspecified atom stereocenters. The minimum atomic E-state index is -2.05. The van der Waals surface area contributed by atoms with Crippen molar-refractivity contribution in [3.8, 4) is 57.5 Å². The third-order valence-electron chi connectivity index (χ3n) is 11.2. The number of phenolic OH excluding ortho intramolecular Hbond substituents is 8. The molecule has 22 heteroatoms. The van der Waals surface area contributed by atoms with Crippen LogP contribution in [-0.4, -0.2) is 158 Å². The fourth-order valence-electron chi connectivity index (χ4n) is 8.14. The minimum absolute atomic E-state index is 0.0112. The molecular weight excluding hydrogens is 856 g/mol. The zero-order valence-electron chi connectivity index (χ0n) is 33.1. The Morgan fingerprint density at radius 3 is 1.36 bits per heavy atom. The lowest BCUT2D eigenvalue weighted by Gasteiger charge is -2.45. The van der Waals surface area contributed by atoms with Gasteiger partial charge < -0.3 is 99.5 Å². The summed E-state index contributed by atoms with van der Waals surface area (Å²) >= 11 is 0. The highest BCUT2D eigenvalue weighted by Crippen LogP contribution is 2.46. The number of hydrogen-bond donors (Lipinski definition) is 13. The summed E-state index contributed by atoms with van der Waals surface area (Å²) in [5, 5.41) is 137. The lowest BCUT2D eigenvalue weighted by Crippen LogP contribution is -2.62. The van der Waals surface area contributed by atoms with Gasteiger partial charge in [0.1, 0.15) is 111 Å². The second kappa shape index (κ2) is 17.1. The van der Waals surface area contributed by atoms with Crippen molar-refractivity contribution in [2.45, 2.75) is 92.8 Å². The molecule has 4 aliphatic heterocycles. The lowest BCUT2D eigenvalue weighted by molar-refractivity contribution is -0.330. The summed E-state index contributed by atoms with van der Waals surface area (Å²) in [6, 6.07) is 10.3. The van der Waals surface area contributed by atoms with Crippen LogP contribution in [0.1, 0.15) is 51.0 Å². The van der Waals surface area contributed by atoms with Gasteiger partial charge in [0.25, 0.3) is 0 Å². The molecule has 64 heavy (non-hydrogen) atoms. The van der Waals surface area contributed by atoms with Gasteiger partial charge in [-0.1, -0.05) is 0 Å². The fraction of sp³-hybridized carbons (Fsp3) is 0.381. The summed E-state index contributed by atoms with van der Waals surface area (Å²) in [6.07, 6.45) is -24.5. The molecule has 4 aromatic rings. The van der Waals surface area contributed by atoms with Crippen molar-refractivity contribution >= 4 is 11.6 Å². The summed E-state index contributed by atoms with van der Waals surface area (Å²) < 4.78 is 41.1. The van der Waals surface area contributed by atoms with E-state index in [-0.39, 0.29) is 22.6 Å². The minimum Gasteiger partial charge on any atom is -0.508 e. The zero-order valence-corrected chi connectivity index (χ0v) is 33.1. The molecule has 4 aliphatic rings. The molecule has 14 atom stereocenters. The van der Waals surface area contributed by atoms with Crippen molar-refractivity contribution in [1.82, 2.24) is 0 Å². The van der Waals surface area contributed by atoms with Gasteiger partial charge in [0.2, 0.25) is 11.6 Å². The van der Waals surface area contributed by atoms with Crippen molar-refractivity contribution in [2.75, 3.05) is 6.61 Å². The molecule has 8 rings (SSSR count). The zero-order chi connectivity index (χ0) is 46.0. The number of aromatic hydroxyl groups is 8. The van der Waals surface area contributed by atoms with Crippen molar-refractivity contribution < 1.29 is 109 Å². The summed E-state index contributed by atoms with van der Waals surface area (Å²) in [5.74, 6) is -6.59. The molecule has 342 valence electrons. The fourth-order valence-corrected chi connectivity index (χ4v) is 8.14. The highest BCUT2D eigenvalue weighted by molar-refractivity contribution is 6.06. The first-order chi connectivity index (χ1) is 30.3. The second-order valence-corrected chi connectivity index (χ2v) is 15.7. The van der Waals surface area contributed by atoms with Crippen LogP contribution in [0.15, 0.2) is 60.7 Å². The van der Waals surface area contributed by atoms with E-state index in [1.165, 1.54) is 6.92 Å². The van der Waals surface area contributed by atoms with Gasteiger partial charge in [-0.25, -0.2) is 0 Å². The van der Waals surface area contributed by atoms with E-state index in [0.717, 1.165) is 60.7 Å². The third-order valence-corrected chi connectivity index (χ3v) is 11.2. The molecule has 4 aromatic carbocycles. The number of carbonyl (C=O) groups excluding carboxylic acids is 2. The Hall–Kier alpha value is -6.18. The maximum atomic E-state index is 13.9. The van der Waals surface area contributed by atoms with Gasteiger partial charge in [-0.15, -0.1) is 0 Å². The third kappa shape index (κ3) is 8.22. The summed E-state index contributed by atoms with van der Waals surface area (Å²) in [6.45, 7) is 0.676. The van der Waals surface area contributed by atoms with Gasteiger partial charge in [-0.2, -0.15) is 0 Å². The predicted molar refractivity (Wildman–Crippen MR) is 207 cm³/mol. The highest BCUT2D eigenvalue weighted by Gasteiger charge is 2.52. The van der Waals surface area contributed by atoms with E-state index in [9.17, 15) is 76.0 Å². The molecule has 0 aromatic heterocycles. The van der Waals surface area contributed by atoms with E-state index in [1.807, 2.05) is 0 Å². The number of benzene rings is 4. The number of Topliss-reactive ketones (excluding diaryl/α,β-unsaturated/α-hetero) is 2. The number of aliphatic hydroxyl groups excluding tert-OH is 5. The van der Waals surface area contributed by atoms with E-state index >= 15 is 0 Å². The van der Waals surface area contributed by atoms with Gasteiger partial charge in [-0.05, 0) is 31.2 Å². The maximum Gasteiger partial charge on any atom is 0.203 e. The molecule has 4 heterocycles. The predicted octanol–water partition coefficient (Wildman–Crippen LogP) is 0.0942. The van der Waals surface area contributed by atoms with Crippen molar-refractivity contribution in [3.05, 3.63) is 82.9 Å². The van der Waals surface area contributed by atoms with E-state index in [4.69, 9.17) is 33.2 Å². The Morgan fingerprint density at radius 2 is 0.906 bits per heavy atom. The Labute approximate surface area is 360 Å². The van der Waals surface area contributed by atoms with Crippen LogP contribution in [-0.2, 0) is 23.7 Å². The average Bonchev–Trinajstić information content (AvgIpc) is 3.20. The molecular formula is C42H42O22. The molecule has 0 bridgehead atoms. The summed E-state index contributed by atoms with van der Waals surface area (Å²) in [5.41, 5.74) is -0.924. The van der Waals surface area contributed by atoms with E-state index in [2.05, 4.69) is 0 Å². The summed E-state index contributed by atoms with van der Waals surface area (Å²) in [7, 11) is 0. The molecule has 13 N–H and O–H groups in total. The van der Waals surface area contributed by atoms with Crippen LogP contribution in [0.25, 0.3) is 0 Å². The quantitative estimate of drug-likeness (QED) is 0.106. The number of ether oxygens (including phenoxy) is 7. The van der Waals surface area contributed by atoms with Crippen molar-refractivity contribution in [3.63, 3.8) is 0 Å². The monoisotopic (exact) mass is 898 g/mol. The van der Waals surface area contributed by atoms with Gasteiger partial charge in [-0.3, -0.25) is 9.59 Å². The van der Waals surface area contributed by atoms with Crippen LogP contribution < -0.4 is 9.47 Å². The van der Waals surface area contributed by atoms with Gasteiger partial charge in [0, 0.05) is 47.5 Å². The Kier molecular flexibility index (Phi) is 11.9. The number of phenols is 8. The summed E-state index contributed by atoms with van der Waals surface area (Å²) in [4.78, 5) is 27.8. The molecule has 0 radical (unpaired) electrons. The first kappa shape index (κ1) is 44.4. The Morgan fingerprint density at radius 1 is 0.500 bits per heavy atom. The first-order valence-corrected chi connectivity index (χ1v) is 19.5. The highest BCUT2D eigenvalue weighted by atomic mass is 16.7.